The van der Waals surface area contributed by atoms with E-state index in [0.29, 0.717) is 5.82 Å². The number of nitrogens with zero attached hydrogens (tertiary/aromatic N) is 2. The third-order valence-corrected chi connectivity index (χ3v) is 13.9. The Morgan fingerprint density at radius 3 is 1.54 bits per heavy atom. The molecule has 2 nitrogen and oxygen atoms in total. The maximum Gasteiger partial charge on any atom is 0.160 e. The van der Waals surface area contributed by atoms with Gasteiger partial charge in [-0.25, -0.2) is 9.97 Å². The van der Waals surface area contributed by atoms with Crippen LogP contribution in [-0.4, -0.2) is 9.97 Å². The molecule has 0 aliphatic heterocycles. The minimum absolute atomic E-state index is 0.466. The van der Waals surface area contributed by atoms with Crippen molar-refractivity contribution in [3.8, 4) is 67.3 Å². The molecule has 0 amide bonds. The van der Waals surface area contributed by atoms with Gasteiger partial charge in [0.25, 0.3) is 0 Å². The Morgan fingerprint density at radius 1 is 0.269 bits per heavy atom. The van der Waals surface area contributed by atoms with Gasteiger partial charge in [0.15, 0.2) is 5.82 Å². The highest BCUT2D eigenvalue weighted by Gasteiger charge is 2.46. The van der Waals surface area contributed by atoms with Crippen LogP contribution in [0.4, 0.5) is 0 Å². The van der Waals surface area contributed by atoms with Crippen molar-refractivity contribution in [2.75, 3.05) is 0 Å². The lowest BCUT2D eigenvalue weighted by Gasteiger charge is -2.33. The Bertz CT molecular complexity index is 3820. The summed E-state index contributed by atoms with van der Waals surface area (Å²) in [6, 6.07) is 92.5. The average molecular weight is 851 g/mol. The summed E-state index contributed by atoms with van der Waals surface area (Å²) < 4.78 is 0. The van der Waals surface area contributed by atoms with Crippen molar-refractivity contribution in [1.29, 1.82) is 0 Å². The number of rotatable bonds is 7. The summed E-state index contributed by atoms with van der Waals surface area (Å²) in [5, 5.41) is 7.53. The van der Waals surface area contributed by atoms with Gasteiger partial charge in [-0.15, -0.1) is 0 Å². The van der Waals surface area contributed by atoms with E-state index in [1.54, 1.807) is 0 Å². The molecule has 13 rings (SSSR count). The van der Waals surface area contributed by atoms with Crippen molar-refractivity contribution < 1.29 is 0 Å². The van der Waals surface area contributed by atoms with Gasteiger partial charge in [-0.1, -0.05) is 224 Å². The van der Waals surface area contributed by atoms with Gasteiger partial charge in [-0.05, 0) is 118 Å². The summed E-state index contributed by atoms with van der Waals surface area (Å²) in [6.45, 7) is 0. The maximum atomic E-state index is 5.32. The molecule has 2 heteroatoms. The first-order chi connectivity index (χ1) is 33.2. The molecule has 0 atom stereocenters. The number of hydrogen-bond acceptors (Lipinski definition) is 2. The van der Waals surface area contributed by atoms with Crippen molar-refractivity contribution >= 4 is 32.3 Å². The number of fused-ring (bicyclic) bond motifs is 7. The predicted octanol–water partition coefficient (Wildman–Crippen LogP) is 16.6. The van der Waals surface area contributed by atoms with E-state index in [0.717, 1.165) is 39.2 Å². The largest absolute Gasteiger partial charge is 0.228 e. The standard InChI is InChI=1S/C65H42N2/c1-4-19-44(20-5-1)64-66-61(42-62(67-64)49-35-37-60-58(41-49)55-32-14-15-33-59(55)65(60,51-26-6-2-7-27-51)52-28-8-3-9-29-52)48-24-16-22-45(38-48)46-23-17-25-50(39-46)63-54-31-13-11-21-47(54)40-57-53-30-12-10-18-43(53)34-36-56(57)63/h1-42H. The average Bonchev–Trinajstić information content (AvgIpc) is 3.71. The third-order valence-electron chi connectivity index (χ3n) is 13.9. The molecule has 12 aromatic rings. The van der Waals surface area contributed by atoms with Crippen LogP contribution >= 0.6 is 0 Å². The first kappa shape index (κ1) is 38.7. The first-order valence-electron chi connectivity index (χ1n) is 23.1. The van der Waals surface area contributed by atoms with Gasteiger partial charge in [-0.3, -0.25) is 0 Å². The van der Waals surface area contributed by atoms with Crippen LogP contribution in [0, 0.1) is 0 Å². The van der Waals surface area contributed by atoms with Crippen LogP contribution in [0.15, 0.2) is 255 Å². The van der Waals surface area contributed by atoms with Gasteiger partial charge in [0.2, 0.25) is 0 Å². The molecule has 0 unspecified atom stereocenters. The second-order valence-electron chi connectivity index (χ2n) is 17.6. The molecular weight excluding hydrogens is 809 g/mol. The Balaban J connectivity index is 0.951. The summed E-state index contributed by atoms with van der Waals surface area (Å²) in [7, 11) is 0. The second-order valence-corrected chi connectivity index (χ2v) is 17.6. The topological polar surface area (TPSA) is 25.8 Å². The third kappa shape index (κ3) is 6.33. The molecule has 1 aromatic heterocycles. The van der Waals surface area contributed by atoms with Crippen LogP contribution in [0.1, 0.15) is 22.3 Å². The highest BCUT2D eigenvalue weighted by Crippen LogP contribution is 2.56. The summed E-state index contributed by atoms with van der Waals surface area (Å²) in [6.07, 6.45) is 0. The summed E-state index contributed by atoms with van der Waals surface area (Å²) in [4.78, 5) is 10.6. The number of aromatic nitrogens is 2. The SMILES string of the molecule is c1ccc(-c2nc(-c3cccc(-c4cccc(-c5c6ccccc6cc6c5ccc5ccccc56)c4)c3)cc(-c3ccc4c(c3)-c3ccccc3C4(c3ccccc3)c3ccccc3)n2)cc1. The van der Waals surface area contributed by atoms with Gasteiger partial charge in [0.05, 0.1) is 16.8 Å². The summed E-state index contributed by atoms with van der Waals surface area (Å²) in [5.41, 5.74) is 16.6. The minimum Gasteiger partial charge on any atom is -0.228 e. The fourth-order valence-electron chi connectivity index (χ4n) is 10.9. The summed E-state index contributed by atoms with van der Waals surface area (Å²) >= 11 is 0. The van der Waals surface area contributed by atoms with Gasteiger partial charge >= 0.3 is 0 Å². The smallest absolute Gasteiger partial charge is 0.160 e. The Kier molecular flexibility index (Phi) is 9.11. The van der Waals surface area contributed by atoms with Gasteiger partial charge in [0.1, 0.15) is 0 Å². The molecule has 0 spiro atoms. The molecule has 0 saturated heterocycles. The van der Waals surface area contributed by atoms with Gasteiger partial charge in [0, 0.05) is 16.7 Å². The lowest BCUT2D eigenvalue weighted by molar-refractivity contribution is 0.768. The Labute approximate surface area is 390 Å². The van der Waals surface area contributed by atoms with Crippen molar-refractivity contribution in [3.05, 3.63) is 277 Å². The van der Waals surface area contributed by atoms with E-state index in [-0.39, 0.29) is 0 Å². The molecule has 312 valence electrons. The van der Waals surface area contributed by atoms with E-state index in [4.69, 9.17) is 9.97 Å². The van der Waals surface area contributed by atoms with E-state index in [9.17, 15) is 0 Å². The molecule has 0 radical (unpaired) electrons. The molecule has 0 fully saturated rings. The maximum absolute atomic E-state index is 5.32. The van der Waals surface area contributed by atoms with Gasteiger partial charge < -0.3 is 0 Å². The molecule has 1 aliphatic rings. The van der Waals surface area contributed by atoms with E-state index < -0.39 is 5.41 Å². The van der Waals surface area contributed by atoms with Crippen LogP contribution < -0.4 is 0 Å². The zero-order valence-corrected chi connectivity index (χ0v) is 36.6. The molecule has 0 bridgehead atoms. The normalized spacial score (nSPS) is 12.6. The van der Waals surface area contributed by atoms with E-state index in [1.807, 2.05) is 6.07 Å². The van der Waals surface area contributed by atoms with Crippen LogP contribution in [-0.2, 0) is 5.41 Å². The van der Waals surface area contributed by atoms with Crippen LogP contribution in [0.3, 0.4) is 0 Å². The lowest BCUT2D eigenvalue weighted by Crippen LogP contribution is -2.28. The zero-order valence-electron chi connectivity index (χ0n) is 36.6. The number of benzene rings is 11. The van der Waals surface area contributed by atoms with Crippen molar-refractivity contribution in [2.45, 2.75) is 5.41 Å². The highest BCUT2D eigenvalue weighted by molar-refractivity contribution is 6.20. The molecule has 0 saturated carbocycles. The van der Waals surface area contributed by atoms with E-state index in [2.05, 4.69) is 249 Å². The van der Waals surface area contributed by atoms with Crippen LogP contribution in [0.2, 0.25) is 0 Å². The van der Waals surface area contributed by atoms with Crippen molar-refractivity contribution in [2.24, 2.45) is 0 Å². The second kappa shape index (κ2) is 15.8. The monoisotopic (exact) mass is 850 g/mol. The minimum atomic E-state index is -0.466. The van der Waals surface area contributed by atoms with Gasteiger partial charge in [-0.2, -0.15) is 0 Å². The van der Waals surface area contributed by atoms with Crippen LogP contribution in [0.25, 0.3) is 99.6 Å². The first-order valence-corrected chi connectivity index (χ1v) is 23.1. The predicted molar refractivity (Wildman–Crippen MR) is 279 cm³/mol. The van der Waals surface area contributed by atoms with E-state index >= 15 is 0 Å². The van der Waals surface area contributed by atoms with E-state index in [1.165, 1.54) is 76.8 Å². The molecule has 1 heterocycles. The van der Waals surface area contributed by atoms with Crippen molar-refractivity contribution in [1.82, 2.24) is 9.97 Å². The van der Waals surface area contributed by atoms with Crippen LogP contribution in [0.5, 0.6) is 0 Å². The lowest BCUT2D eigenvalue weighted by atomic mass is 9.67. The summed E-state index contributed by atoms with van der Waals surface area (Å²) in [5.74, 6) is 0.694. The Hall–Kier alpha value is -8.72. The highest BCUT2D eigenvalue weighted by atomic mass is 14.9. The molecule has 11 aromatic carbocycles. The Morgan fingerprint density at radius 2 is 0.806 bits per heavy atom. The fraction of sp³-hybridized carbons (Fsp3) is 0.0154. The van der Waals surface area contributed by atoms with Crippen molar-refractivity contribution in [3.63, 3.8) is 0 Å². The fourth-order valence-corrected chi connectivity index (χ4v) is 10.9. The number of hydrogen-bond donors (Lipinski definition) is 0. The molecule has 0 N–H and O–H groups in total. The quantitative estimate of drug-likeness (QED) is 0.118. The molecule has 1 aliphatic carbocycles. The zero-order chi connectivity index (χ0) is 44.3. The molecular formula is C65H42N2. The molecule has 67 heavy (non-hydrogen) atoms.